The first-order valence-corrected chi connectivity index (χ1v) is 4.54. The molecule has 0 aliphatic carbocycles. The minimum absolute atomic E-state index is 0.0568. The lowest BCUT2D eigenvalue weighted by molar-refractivity contribution is -0.147. The molecule has 0 N–H and O–H groups in total. The summed E-state index contributed by atoms with van der Waals surface area (Å²) in [6.45, 7) is 0.562. The van der Waals surface area contributed by atoms with Crippen molar-refractivity contribution in [2.45, 2.75) is 6.42 Å². The molecule has 4 heteroatoms. The van der Waals surface area contributed by atoms with E-state index in [4.69, 9.17) is 4.74 Å². The number of rotatable bonds is 5. The third-order valence-corrected chi connectivity index (χ3v) is 1.57. The van der Waals surface area contributed by atoms with E-state index in [0.717, 1.165) is 10.8 Å². The standard InChI is InChI=1S/C6H11IO3/c1-9-5-6(8)10-4-2-3-7/h2-5H2,1H3. The molecule has 0 aromatic heterocycles. The Kier molecular flexibility index (Phi) is 7.39. The van der Waals surface area contributed by atoms with E-state index >= 15 is 0 Å². The van der Waals surface area contributed by atoms with Crippen molar-refractivity contribution in [1.82, 2.24) is 0 Å². The zero-order valence-corrected chi connectivity index (χ0v) is 8.09. The van der Waals surface area contributed by atoms with Gasteiger partial charge in [0.1, 0.15) is 6.61 Å². The Morgan fingerprint density at radius 1 is 1.60 bits per heavy atom. The molecule has 0 saturated heterocycles. The van der Waals surface area contributed by atoms with Gasteiger partial charge in [0.2, 0.25) is 0 Å². The molecule has 0 aromatic rings. The molecule has 60 valence electrons. The van der Waals surface area contributed by atoms with Crippen LogP contribution in [0.1, 0.15) is 6.42 Å². The number of hydrogen-bond donors (Lipinski definition) is 0. The van der Waals surface area contributed by atoms with Gasteiger partial charge in [-0.05, 0) is 6.42 Å². The van der Waals surface area contributed by atoms with Crippen molar-refractivity contribution in [3.8, 4) is 0 Å². The second kappa shape index (κ2) is 7.27. The zero-order valence-electron chi connectivity index (χ0n) is 5.93. The smallest absolute Gasteiger partial charge is 0.332 e. The van der Waals surface area contributed by atoms with Crippen molar-refractivity contribution in [1.29, 1.82) is 0 Å². The number of methoxy groups -OCH3 is 1. The van der Waals surface area contributed by atoms with Gasteiger partial charge in [0.05, 0.1) is 6.61 Å². The van der Waals surface area contributed by atoms with Gasteiger partial charge in [-0.15, -0.1) is 0 Å². The van der Waals surface area contributed by atoms with Gasteiger partial charge in [0, 0.05) is 11.5 Å². The van der Waals surface area contributed by atoms with Crippen LogP contribution < -0.4 is 0 Å². The second-order valence-corrected chi connectivity index (χ2v) is 2.77. The molecule has 0 radical (unpaired) electrons. The fourth-order valence-corrected chi connectivity index (χ4v) is 0.711. The number of alkyl halides is 1. The summed E-state index contributed by atoms with van der Waals surface area (Å²) in [5, 5.41) is 0. The van der Waals surface area contributed by atoms with Gasteiger partial charge in [0.15, 0.2) is 0 Å². The van der Waals surface area contributed by atoms with Crippen LogP contribution in [0.3, 0.4) is 0 Å². The molecule has 0 aromatic carbocycles. The summed E-state index contributed by atoms with van der Waals surface area (Å²) < 4.78 is 10.3. The fourth-order valence-electron chi connectivity index (χ4n) is 0.400. The van der Waals surface area contributed by atoms with Crippen molar-refractivity contribution in [3.63, 3.8) is 0 Å². The average Bonchev–Trinajstić information content (AvgIpc) is 1.89. The number of hydrogen-bond acceptors (Lipinski definition) is 3. The molecule has 0 atom stereocenters. The second-order valence-electron chi connectivity index (χ2n) is 1.70. The number of esters is 1. The van der Waals surface area contributed by atoms with Gasteiger partial charge >= 0.3 is 5.97 Å². The third kappa shape index (κ3) is 6.28. The molecular weight excluding hydrogens is 247 g/mol. The molecule has 0 rings (SSSR count). The predicted molar refractivity (Wildman–Crippen MR) is 46.3 cm³/mol. The Morgan fingerprint density at radius 3 is 2.80 bits per heavy atom. The first kappa shape index (κ1) is 10.2. The van der Waals surface area contributed by atoms with Crippen molar-refractivity contribution in [2.75, 3.05) is 24.8 Å². The lowest BCUT2D eigenvalue weighted by atomic mass is 10.5. The van der Waals surface area contributed by atoms with Crippen LogP contribution in [0.5, 0.6) is 0 Å². The highest BCUT2D eigenvalue weighted by Gasteiger charge is 1.98. The molecule has 0 heterocycles. The van der Waals surface area contributed by atoms with Crippen LogP contribution in [0.15, 0.2) is 0 Å². The number of halogens is 1. The summed E-state index contributed by atoms with van der Waals surface area (Å²) in [6.07, 6.45) is 0.913. The lowest BCUT2D eigenvalue weighted by Crippen LogP contribution is -2.11. The highest BCUT2D eigenvalue weighted by atomic mass is 127. The SMILES string of the molecule is COCC(=O)OCCCI. The number of ether oxygens (including phenoxy) is 2. The lowest BCUT2D eigenvalue weighted by Gasteiger charge is -2.00. The molecule has 10 heavy (non-hydrogen) atoms. The van der Waals surface area contributed by atoms with Crippen LogP contribution in [0.4, 0.5) is 0 Å². The Balaban J connectivity index is 3.05. The summed E-state index contributed by atoms with van der Waals surface area (Å²) in [4.78, 5) is 10.6. The molecule has 0 aliphatic rings. The molecule has 3 nitrogen and oxygen atoms in total. The fraction of sp³-hybridized carbons (Fsp3) is 0.833. The van der Waals surface area contributed by atoms with Crippen molar-refractivity contribution >= 4 is 28.6 Å². The van der Waals surface area contributed by atoms with Crippen molar-refractivity contribution in [3.05, 3.63) is 0 Å². The maximum atomic E-state index is 10.6. The molecule has 0 aliphatic heterocycles. The summed E-state index contributed by atoms with van der Waals surface area (Å²) in [7, 11) is 1.47. The van der Waals surface area contributed by atoms with Crippen LogP contribution in [-0.4, -0.2) is 30.7 Å². The summed E-state index contributed by atoms with van der Waals surface area (Å²) >= 11 is 2.23. The van der Waals surface area contributed by atoms with Crippen LogP contribution >= 0.6 is 22.6 Å². The summed E-state index contributed by atoms with van der Waals surface area (Å²) in [5.74, 6) is -0.285. The minimum Gasteiger partial charge on any atom is -0.464 e. The van der Waals surface area contributed by atoms with Gasteiger partial charge < -0.3 is 9.47 Å². The average molecular weight is 258 g/mol. The molecule has 0 fully saturated rings. The molecule has 0 unspecified atom stereocenters. The quantitative estimate of drug-likeness (QED) is 0.319. The highest BCUT2D eigenvalue weighted by Crippen LogP contribution is 1.89. The first-order chi connectivity index (χ1) is 4.81. The molecule has 0 bridgehead atoms. The highest BCUT2D eigenvalue weighted by molar-refractivity contribution is 14.1. The maximum Gasteiger partial charge on any atom is 0.332 e. The topological polar surface area (TPSA) is 35.5 Å². The Bertz CT molecular complexity index is 95.0. The Hall–Kier alpha value is 0.160. The summed E-state index contributed by atoms with van der Waals surface area (Å²) in [5.41, 5.74) is 0. The maximum absolute atomic E-state index is 10.6. The van der Waals surface area contributed by atoms with Crippen LogP contribution in [0.25, 0.3) is 0 Å². The normalized spacial score (nSPS) is 9.40. The van der Waals surface area contributed by atoms with Crippen molar-refractivity contribution in [2.24, 2.45) is 0 Å². The van der Waals surface area contributed by atoms with E-state index in [9.17, 15) is 4.79 Å². The molecular formula is C6H11IO3. The number of carbonyl (C=O) groups is 1. The summed E-state index contributed by atoms with van der Waals surface area (Å²) in [6, 6.07) is 0. The molecule has 0 saturated carbocycles. The van der Waals surface area contributed by atoms with Gasteiger partial charge in [0.25, 0.3) is 0 Å². The predicted octanol–water partition coefficient (Wildman–Crippen LogP) is 1.00. The monoisotopic (exact) mass is 258 g/mol. The Morgan fingerprint density at radius 2 is 2.30 bits per heavy atom. The third-order valence-electron chi connectivity index (χ3n) is 0.803. The van der Waals surface area contributed by atoms with Crippen LogP contribution in [0, 0.1) is 0 Å². The van der Waals surface area contributed by atoms with E-state index in [1.54, 1.807) is 0 Å². The molecule has 0 amide bonds. The van der Waals surface area contributed by atoms with Gasteiger partial charge in [-0.1, -0.05) is 22.6 Å². The Labute approximate surface area is 74.2 Å². The number of carbonyl (C=O) groups excluding carboxylic acids is 1. The van der Waals surface area contributed by atoms with E-state index in [1.165, 1.54) is 7.11 Å². The first-order valence-electron chi connectivity index (χ1n) is 3.01. The van der Waals surface area contributed by atoms with Crippen LogP contribution in [0.2, 0.25) is 0 Å². The van der Waals surface area contributed by atoms with E-state index in [2.05, 4.69) is 27.3 Å². The zero-order chi connectivity index (χ0) is 7.82. The van der Waals surface area contributed by atoms with E-state index < -0.39 is 0 Å². The molecule has 0 spiro atoms. The van der Waals surface area contributed by atoms with Gasteiger partial charge in [-0.25, -0.2) is 4.79 Å². The minimum atomic E-state index is -0.285. The van der Waals surface area contributed by atoms with Crippen molar-refractivity contribution < 1.29 is 14.3 Å². The van der Waals surface area contributed by atoms with Gasteiger partial charge in [-0.2, -0.15) is 0 Å². The van der Waals surface area contributed by atoms with Gasteiger partial charge in [-0.3, -0.25) is 0 Å². The van der Waals surface area contributed by atoms with E-state index in [0.29, 0.717) is 6.61 Å². The van der Waals surface area contributed by atoms with Crippen LogP contribution in [-0.2, 0) is 14.3 Å². The van der Waals surface area contributed by atoms with E-state index in [1.807, 2.05) is 0 Å². The largest absolute Gasteiger partial charge is 0.464 e. The van der Waals surface area contributed by atoms with E-state index in [-0.39, 0.29) is 12.6 Å².